The van der Waals surface area contributed by atoms with E-state index >= 15 is 0 Å². The minimum Gasteiger partial charge on any atom is -0.310 e. The summed E-state index contributed by atoms with van der Waals surface area (Å²) in [6, 6.07) is 7.57. The summed E-state index contributed by atoms with van der Waals surface area (Å²) in [6.45, 7) is 3.41. The standard InChI is InChI=1S/C16H23N/c1-12-5-6-14-7-8-16(15(14)11-12)17-10-9-13-3-2-4-13/h5-6,11,13,16-17H,2-4,7-10H2,1H3. The maximum atomic E-state index is 3.76. The number of aryl methyl sites for hydroxylation is 2. The quantitative estimate of drug-likeness (QED) is 0.829. The Kier molecular flexibility index (Phi) is 3.19. The van der Waals surface area contributed by atoms with Gasteiger partial charge in [-0.15, -0.1) is 0 Å². The van der Waals surface area contributed by atoms with Crippen LogP contribution in [-0.2, 0) is 6.42 Å². The molecule has 1 aromatic rings. The lowest BCUT2D eigenvalue weighted by Gasteiger charge is -2.26. The van der Waals surface area contributed by atoms with Gasteiger partial charge in [-0.05, 0) is 49.8 Å². The highest BCUT2D eigenvalue weighted by Crippen LogP contribution is 2.33. The van der Waals surface area contributed by atoms with E-state index in [9.17, 15) is 0 Å². The van der Waals surface area contributed by atoms with Crippen LogP contribution in [0.1, 0.15) is 54.8 Å². The van der Waals surface area contributed by atoms with E-state index in [0.29, 0.717) is 6.04 Å². The maximum Gasteiger partial charge on any atom is 0.0326 e. The van der Waals surface area contributed by atoms with Crippen LogP contribution in [0.15, 0.2) is 18.2 Å². The lowest BCUT2D eigenvalue weighted by molar-refractivity contribution is 0.287. The maximum absolute atomic E-state index is 3.76. The van der Waals surface area contributed by atoms with E-state index in [2.05, 4.69) is 30.4 Å². The first-order valence-electron chi connectivity index (χ1n) is 7.16. The van der Waals surface area contributed by atoms with Gasteiger partial charge in [0.1, 0.15) is 0 Å². The molecular formula is C16H23N. The minimum atomic E-state index is 0.630. The Labute approximate surface area is 105 Å². The van der Waals surface area contributed by atoms with E-state index in [1.54, 1.807) is 11.1 Å². The summed E-state index contributed by atoms with van der Waals surface area (Å²) in [5.41, 5.74) is 4.53. The number of hydrogen-bond donors (Lipinski definition) is 1. The van der Waals surface area contributed by atoms with Crippen molar-refractivity contribution in [3.05, 3.63) is 34.9 Å². The fraction of sp³-hybridized carbons (Fsp3) is 0.625. The summed E-state index contributed by atoms with van der Waals surface area (Å²) in [6.07, 6.45) is 8.36. The molecule has 1 heteroatoms. The van der Waals surface area contributed by atoms with E-state index in [1.165, 1.54) is 50.6 Å². The zero-order valence-electron chi connectivity index (χ0n) is 10.8. The van der Waals surface area contributed by atoms with E-state index in [-0.39, 0.29) is 0 Å². The number of fused-ring (bicyclic) bond motifs is 1. The molecule has 1 nitrogen and oxygen atoms in total. The molecule has 0 aliphatic heterocycles. The molecule has 1 fully saturated rings. The summed E-state index contributed by atoms with van der Waals surface area (Å²) in [5.74, 6) is 1.03. The van der Waals surface area contributed by atoms with Crippen LogP contribution in [0, 0.1) is 12.8 Å². The minimum absolute atomic E-state index is 0.630. The van der Waals surface area contributed by atoms with Crippen LogP contribution >= 0.6 is 0 Å². The van der Waals surface area contributed by atoms with Gasteiger partial charge in [0, 0.05) is 6.04 Å². The molecule has 3 rings (SSSR count). The highest BCUT2D eigenvalue weighted by Gasteiger charge is 2.22. The first-order chi connectivity index (χ1) is 8.33. The van der Waals surface area contributed by atoms with E-state index in [0.717, 1.165) is 5.92 Å². The second kappa shape index (κ2) is 4.81. The molecule has 0 bridgehead atoms. The van der Waals surface area contributed by atoms with Gasteiger partial charge in [0.2, 0.25) is 0 Å². The monoisotopic (exact) mass is 229 g/mol. The van der Waals surface area contributed by atoms with Gasteiger partial charge in [-0.2, -0.15) is 0 Å². The number of hydrogen-bond acceptors (Lipinski definition) is 1. The van der Waals surface area contributed by atoms with Crippen molar-refractivity contribution in [3.8, 4) is 0 Å². The molecule has 1 aromatic carbocycles. The van der Waals surface area contributed by atoms with Gasteiger partial charge >= 0.3 is 0 Å². The van der Waals surface area contributed by atoms with Gasteiger partial charge in [-0.25, -0.2) is 0 Å². The van der Waals surface area contributed by atoms with Crippen molar-refractivity contribution in [1.29, 1.82) is 0 Å². The molecule has 2 aliphatic rings. The van der Waals surface area contributed by atoms with Crippen LogP contribution in [0.25, 0.3) is 0 Å². The summed E-state index contributed by atoms with van der Waals surface area (Å²) in [7, 11) is 0. The van der Waals surface area contributed by atoms with Crippen molar-refractivity contribution < 1.29 is 0 Å². The lowest BCUT2D eigenvalue weighted by atomic mass is 9.83. The molecule has 0 heterocycles. The average molecular weight is 229 g/mol. The van der Waals surface area contributed by atoms with Crippen molar-refractivity contribution in [3.63, 3.8) is 0 Å². The Morgan fingerprint density at radius 2 is 2.12 bits per heavy atom. The summed E-state index contributed by atoms with van der Waals surface area (Å²) >= 11 is 0. The normalized spacial score (nSPS) is 23.5. The Morgan fingerprint density at radius 1 is 1.24 bits per heavy atom. The van der Waals surface area contributed by atoms with Crippen LogP contribution in [0.2, 0.25) is 0 Å². The van der Waals surface area contributed by atoms with Crippen molar-refractivity contribution >= 4 is 0 Å². The Morgan fingerprint density at radius 3 is 2.88 bits per heavy atom. The highest BCUT2D eigenvalue weighted by atomic mass is 14.9. The second-order valence-corrected chi connectivity index (χ2v) is 5.83. The fourth-order valence-electron chi connectivity index (χ4n) is 3.18. The van der Waals surface area contributed by atoms with E-state index in [1.807, 2.05) is 0 Å². The molecule has 1 saturated carbocycles. The topological polar surface area (TPSA) is 12.0 Å². The molecule has 17 heavy (non-hydrogen) atoms. The smallest absolute Gasteiger partial charge is 0.0326 e. The molecule has 0 saturated heterocycles. The van der Waals surface area contributed by atoms with Crippen LogP contribution in [0.3, 0.4) is 0 Å². The number of nitrogens with one attached hydrogen (secondary N) is 1. The van der Waals surface area contributed by atoms with E-state index < -0.39 is 0 Å². The molecule has 0 radical (unpaired) electrons. The predicted molar refractivity (Wildman–Crippen MR) is 72.2 cm³/mol. The summed E-state index contributed by atoms with van der Waals surface area (Å²) < 4.78 is 0. The molecule has 1 N–H and O–H groups in total. The average Bonchev–Trinajstić information content (AvgIpc) is 2.64. The van der Waals surface area contributed by atoms with Crippen molar-refractivity contribution in [1.82, 2.24) is 5.32 Å². The number of benzene rings is 1. The first kappa shape index (κ1) is 11.3. The molecule has 1 atom stereocenters. The van der Waals surface area contributed by atoms with Crippen LogP contribution < -0.4 is 5.32 Å². The first-order valence-corrected chi connectivity index (χ1v) is 7.16. The zero-order valence-corrected chi connectivity index (χ0v) is 10.8. The fourth-order valence-corrected chi connectivity index (χ4v) is 3.18. The van der Waals surface area contributed by atoms with Gasteiger partial charge in [0.15, 0.2) is 0 Å². The third-order valence-electron chi connectivity index (χ3n) is 4.55. The Hall–Kier alpha value is -0.820. The van der Waals surface area contributed by atoms with Gasteiger partial charge in [0.05, 0.1) is 0 Å². The predicted octanol–water partition coefficient (Wildman–Crippen LogP) is 3.76. The van der Waals surface area contributed by atoms with Crippen LogP contribution in [0.4, 0.5) is 0 Å². The van der Waals surface area contributed by atoms with Gasteiger partial charge in [-0.3, -0.25) is 0 Å². The number of rotatable bonds is 4. The van der Waals surface area contributed by atoms with Crippen molar-refractivity contribution in [2.24, 2.45) is 5.92 Å². The van der Waals surface area contributed by atoms with Crippen molar-refractivity contribution in [2.75, 3.05) is 6.54 Å². The summed E-state index contributed by atoms with van der Waals surface area (Å²) in [5, 5.41) is 3.76. The Bertz CT molecular complexity index is 393. The summed E-state index contributed by atoms with van der Waals surface area (Å²) in [4.78, 5) is 0. The molecule has 0 aromatic heterocycles. The second-order valence-electron chi connectivity index (χ2n) is 5.83. The third kappa shape index (κ3) is 2.40. The van der Waals surface area contributed by atoms with Crippen LogP contribution in [0.5, 0.6) is 0 Å². The van der Waals surface area contributed by atoms with Gasteiger partial charge in [0.25, 0.3) is 0 Å². The zero-order chi connectivity index (χ0) is 11.7. The SMILES string of the molecule is Cc1ccc2c(c1)C(NCCC1CCC1)CC2. The highest BCUT2D eigenvalue weighted by molar-refractivity contribution is 5.37. The van der Waals surface area contributed by atoms with Gasteiger partial charge in [-0.1, -0.05) is 43.0 Å². The molecule has 2 aliphatic carbocycles. The van der Waals surface area contributed by atoms with E-state index in [4.69, 9.17) is 0 Å². The molecule has 92 valence electrons. The third-order valence-corrected chi connectivity index (χ3v) is 4.55. The largest absolute Gasteiger partial charge is 0.310 e. The molecular weight excluding hydrogens is 206 g/mol. The Balaban J connectivity index is 1.56. The molecule has 1 unspecified atom stereocenters. The van der Waals surface area contributed by atoms with Gasteiger partial charge < -0.3 is 5.32 Å². The lowest BCUT2D eigenvalue weighted by Crippen LogP contribution is -2.24. The molecule has 0 spiro atoms. The van der Waals surface area contributed by atoms with Crippen LogP contribution in [-0.4, -0.2) is 6.54 Å². The van der Waals surface area contributed by atoms with Crippen molar-refractivity contribution in [2.45, 2.75) is 51.5 Å². The molecule has 0 amide bonds.